The van der Waals surface area contributed by atoms with Crippen LogP contribution < -0.4 is 4.90 Å². The number of rotatable bonds is 5. The first-order valence-corrected chi connectivity index (χ1v) is 9.75. The van der Waals surface area contributed by atoms with E-state index in [1.165, 1.54) is 12.1 Å². The van der Waals surface area contributed by atoms with Gasteiger partial charge in [-0.15, -0.1) is 11.3 Å². The molecule has 25 heavy (non-hydrogen) atoms. The second-order valence-electron chi connectivity index (χ2n) is 6.35. The lowest BCUT2D eigenvalue weighted by molar-refractivity contribution is -0.136. The maximum absolute atomic E-state index is 13.1. The van der Waals surface area contributed by atoms with Crippen molar-refractivity contribution in [2.75, 3.05) is 31.1 Å². The Balaban J connectivity index is 1.62. The minimum Gasteiger partial charge on any atom is -0.345 e. The van der Waals surface area contributed by atoms with Crippen molar-refractivity contribution in [3.63, 3.8) is 0 Å². The molecular weight excluding hydrogens is 337 g/mol. The number of aromatic nitrogens is 1. The molecule has 1 aromatic heterocycles. The van der Waals surface area contributed by atoms with Crippen LogP contribution in [0.1, 0.15) is 26.7 Å². The molecule has 0 saturated carbocycles. The molecule has 3 rings (SSSR count). The van der Waals surface area contributed by atoms with Crippen molar-refractivity contribution in [2.45, 2.75) is 26.7 Å². The Bertz CT molecular complexity index is 704. The number of carbonyl (C=O) groups excluding carboxylic acids is 1. The van der Waals surface area contributed by atoms with Crippen LogP contribution in [0.2, 0.25) is 0 Å². The zero-order valence-electron chi connectivity index (χ0n) is 14.7. The molecular formula is C19H24FN3OS. The van der Waals surface area contributed by atoms with Gasteiger partial charge in [-0.25, -0.2) is 9.37 Å². The summed E-state index contributed by atoms with van der Waals surface area (Å²) < 4.78 is 13.1. The second-order valence-corrected chi connectivity index (χ2v) is 7.18. The molecule has 0 atom stereocenters. The third-order valence-electron chi connectivity index (χ3n) is 4.83. The number of benzene rings is 1. The van der Waals surface area contributed by atoms with E-state index in [0.717, 1.165) is 55.4 Å². The molecule has 1 aromatic carbocycles. The number of amides is 1. The molecule has 0 radical (unpaired) electrons. The minimum absolute atomic E-state index is 0.150. The van der Waals surface area contributed by atoms with Gasteiger partial charge >= 0.3 is 0 Å². The molecule has 0 N–H and O–H groups in total. The first kappa shape index (κ1) is 17.9. The van der Waals surface area contributed by atoms with Crippen molar-refractivity contribution in [3.8, 4) is 11.3 Å². The first-order chi connectivity index (χ1) is 12.1. The van der Waals surface area contributed by atoms with Crippen molar-refractivity contribution in [1.29, 1.82) is 0 Å². The minimum atomic E-state index is -0.238. The Morgan fingerprint density at radius 1 is 1.16 bits per heavy atom. The van der Waals surface area contributed by atoms with Crippen LogP contribution in [0.4, 0.5) is 9.52 Å². The smallest absolute Gasteiger partial charge is 0.225 e. The Morgan fingerprint density at radius 3 is 2.40 bits per heavy atom. The fraction of sp³-hybridized carbons (Fsp3) is 0.474. The topological polar surface area (TPSA) is 36.4 Å². The van der Waals surface area contributed by atoms with E-state index < -0.39 is 0 Å². The monoisotopic (exact) mass is 361 g/mol. The van der Waals surface area contributed by atoms with Gasteiger partial charge in [-0.3, -0.25) is 4.79 Å². The number of hydrogen-bond donors (Lipinski definition) is 0. The van der Waals surface area contributed by atoms with Gasteiger partial charge in [0.1, 0.15) is 5.82 Å². The largest absolute Gasteiger partial charge is 0.345 e. The number of hydrogen-bond acceptors (Lipinski definition) is 4. The zero-order chi connectivity index (χ0) is 17.8. The summed E-state index contributed by atoms with van der Waals surface area (Å²) in [6, 6.07) is 6.41. The van der Waals surface area contributed by atoms with Crippen LogP contribution in [-0.4, -0.2) is 42.0 Å². The number of nitrogens with zero attached hydrogens (tertiary/aromatic N) is 3. The van der Waals surface area contributed by atoms with Gasteiger partial charge in [0.2, 0.25) is 5.91 Å². The molecule has 1 fully saturated rings. The summed E-state index contributed by atoms with van der Waals surface area (Å²) in [6.07, 6.45) is 1.81. The molecule has 4 nitrogen and oxygen atoms in total. The van der Waals surface area contributed by atoms with Crippen LogP contribution >= 0.6 is 11.3 Å². The lowest BCUT2D eigenvalue weighted by atomic mass is 10.0. The molecule has 0 aliphatic carbocycles. The van der Waals surface area contributed by atoms with Crippen molar-refractivity contribution in [3.05, 3.63) is 35.5 Å². The van der Waals surface area contributed by atoms with E-state index in [4.69, 9.17) is 0 Å². The van der Waals surface area contributed by atoms with Crippen molar-refractivity contribution < 1.29 is 9.18 Å². The molecule has 2 aromatic rings. The van der Waals surface area contributed by atoms with Crippen molar-refractivity contribution in [2.24, 2.45) is 5.92 Å². The molecule has 1 saturated heterocycles. The zero-order valence-corrected chi connectivity index (χ0v) is 15.6. The summed E-state index contributed by atoms with van der Waals surface area (Å²) in [5.41, 5.74) is 1.79. The van der Waals surface area contributed by atoms with Gasteiger partial charge in [0.15, 0.2) is 5.13 Å². The number of piperazine rings is 1. The molecule has 0 bridgehead atoms. The van der Waals surface area contributed by atoms with Crippen LogP contribution in [0.5, 0.6) is 0 Å². The molecule has 1 aliphatic rings. The number of halogens is 1. The van der Waals surface area contributed by atoms with Crippen LogP contribution in [-0.2, 0) is 4.79 Å². The number of thiazole rings is 1. The van der Waals surface area contributed by atoms with Gasteiger partial charge in [0.25, 0.3) is 0 Å². The van der Waals surface area contributed by atoms with E-state index in [1.807, 2.05) is 10.3 Å². The SMILES string of the molecule is CCC(CC)C(=O)N1CCN(c2nc(-c3ccc(F)cc3)cs2)CC1. The second kappa shape index (κ2) is 7.95. The van der Waals surface area contributed by atoms with Gasteiger partial charge in [-0.2, -0.15) is 0 Å². The lowest BCUT2D eigenvalue weighted by Crippen LogP contribution is -2.50. The number of carbonyl (C=O) groups is 1. The first-order valence-electron chi connectivity index (χ1n) is 8.87. The normalized spacial score (nSPS) is 15.0. The van der Waals surface area contributed by atoms with Crippen molar-refractivity contribution >= 4 is 22.4 Å². The maximum Gasteiger partial charge on any atom is 0.225 e. The highest BCUT2D eigenvalue weighted by molar-refractivity contribution is 7.14. The lowest BCUT2D eigenvalue weighted by Gasteiger charge is -2.36. The van der Waals surface area contributed by atoms with E-state index in [9.17, 15) is 9.18 Å². The van der Waals surface area contributed by atoms with E-state index >= 15 is 0 Å². The van der Waals surface area contributed by atoms with Crippen molar-refractivity contribution in [1.82, 2.24) is 9.88 Å². The maximum atomic E-state index is 13.1. The molecule has 0 spiro atoms. The fourth-order valence-corrected chi connectivity index (χ4v) is 4.07. The van der Waals surface area contributed by atoms with Gasteiger partial charge in [0.05, 0.1) is 5.69 Å². The Morgan fingerprint density at radius 2 is 1.80 bits per heavy atom. The summed E-state index contributed by atoms with van der Waals surface area (Å²) in [7, 11) is 0. The summed E-state index contributed by atoms with van der Waals surface area (Å²) in [5.74, 6) is 0.199. The summed E-state index contributed by atoms with van der Waals surface area (Å²) in [4.78, 5) is 21.4. The molecule has 0 unspecified atom stereocenters. The predicted octanol–water partition coefficient (Wildman–Crippen LogP) is 4.03. The molecule has 1 aliphatic heterocycles. The van der Waals surface area contributed by atoms with Gasteiger partial charge in [-0.05, 0) is 37.1 Å². The summed E-state index contributed by atoms with van der Waals surface area (Å²) >= 11 is 1.60. The van der Waals surface area contributed by atoms with Gasteiger partial charge in [0, 0.05) is 43.0 Å². The Kier molecular flexibility index (Phi) is 5.68. The van der Waals surface area contributed by atoms with Crippen LogP contribution in [0, 0.1) is 11.7 Å². The van der Waals surface area contributed by atoms with E-state index in [0.29, 0.717) is 0 Å². The molecule has 134 valence electrons. The highest BCUT2D eigenvalue weighted by Gasteiger charge is 2.26. The quantitative estimate of drug-likeness (QED) is 0.807. The van der Waals surface area contributed by atoms with Crippen LogP contribution in [0.15, 0.2) is 29.6 Å². The Hall–Kier alpha value is -1.95. The molecule has 2 heterocycles. The average Bonchev–Trinajstić information content (AvgIpc) is 3.13. The molecule has 6 heteroatoms. The van der Waals surface area contributed by atoms with E-state index in [-0.39, 0.29) is 17.6 Å². The van der Waals surface area contributed by atoms with Crippen LogP contribution in [0.3, 0.4) is 0 Å². The molecule has 1 amide bonds. The fourth-order valence-electron chi connectivity index (χ4n) is 3.18. The third-order valence-corrected chi connectivity index (χ3v) is 5.73. The van der Waals surface area contributed by atoms with Gasteiger partial charge in [-0.1, -0.05) is 13.8 Å². The standard InChI is InChI=1S/C19H24FN3OS/c1-3-14(4-2)18(24)22-9-11-23(12-10-22)19-21-17(13-25-19)15-5-7-16(20)8-6-15/h5-8,13-14H,3-4,9-12H2,1-2H3. The highest BCUT2D eigenvalue weighted by Crippen LogP contribution is 2.28. The number of anilines is 1. The average molecular weight is 361 g/mol. The van der Waals surface area contributed by atoms with E-state index in [2.05, 4.69) is 23.7 Å². The van der Waals surface area contributed by atoms with Crippen LogP contribution in [0.25, 0.3) is 11.3 Å². The Labute approximate surface area is 152 Å². The predicted molar refractivity (Wildman–Crippen MR) is 100 cm³/mol. The summed E-state index contributed by atoms with van der Waals surface area (Å²) in [6.45, 7) is 7.27. The third kappa shape index (κ3) is 4.00. The van der Waals surface area contributed by atoms with E-state index in [1.54, 1.807) is 23.5 Å². The highest BCUT2D eigenvalue weighted by atomic mass is 32.1. The summed E-state index contributed by atoms with van der Waals surface area (Å²) in [5, 5.41) is 2.97. The van der Waals surface area contributed by atoms with Gasteiger partial charge < -0.3 is 9.80 Å².